The molecule has 1 nitrogen and oxygen atoms in total. The maximum absolute atomic E-state index is 10.2. The first kappa shape index (κ1) is 14.4. The fourth-order valence-corrected chi connectivity index (χ4v) is 3.08. The summed E-state index contributed by atoms with van der Waals surface area (Å²) in [7, 11) is -1.60. The standard InChI is InChI=1S/C17H24OSi/c1-17(2,3)19(4,5)11-10-15-14-9-7-6-8-13(14)12-16(15)18/h6-9,15-16,18H,12H2,1-5H3/t15-,16-/m0/s1. The van der Waals surface area contributed by atoms with Crippen LogP contribution in [-0.2, 0) is 6.42 Å². The second-order valence-electron chi connectivity index (χ2n) is 7.09. The molecule has 1 N–H and O–H groups in total. The number of rotatable bonds is 0. The molecule has 1 aromatic rings. The molecule has 0 radical (unpaired) electrons. The van der Waals surface area contributed by atoms with Crippen LogP contribution in [0, 0.1) is 11.5 Å². The lowest BCUT2D eigenvalue weighted by Gasteiger charge is -2.31. The summed E-state index contributed by atoms with van der Waals surface area (Å²) < 4.78 is 0. The minimum absolute atomic E-state index is 0.00493. The molecule has 0 aromatic heterocycles. The fourth-order valence-electron chi connectivity index (χ4n) is 2.19. The largest absolute Gasteiger partial charge is 0.391 e. The smallest absolute Gasteiger partial charge is 0.137 e. The molecule has 0 bridgehead atoms. The summed E-state index contributed by atoms with van der Waals surface area (Å²) in [5.74, 6) is 3.40. The van der Waals surface area contributed by atoms with Gasteiger partial charge in [0.1, 0.15) is 8.07 Å². The van der Waals surface area contributed by atoms with Crippen LogP contribution in [0.5, 0.6) is 0 Å². The molecule has 2 rings (SSSR count). The van der Waals surface area contributed by atoms with Gasteiger partial charge in [0, 0.05) is 6.42 Å². The Labute approximate surface area is 118 Å². The molecule has 0 aliphatic heterocycles. The van der Waals surface area contributed by atoms with Crippen LogP contribution in [0.3, 0.4) is 0 Å². The third-order valence-corrected chi connectivity index (χ3v) is 9.14. The van der Waals surface area contributed by atoms with Crippen molar-refractivity contribution in [2.24, 2.45) is 0 Å². The first-order valence-corrected chi connectivity index (χ1v) is 10.0. The molecule has 102 valence electrons. The number of fused-ring (bicyclic) bond motifs is 1. The Bertz CT molecular complexity index is 528. The molecule has 1 aromatic carbocycles. The van der Waals surface area contributed by atoms with Crippen molar-refractivity contribution in [2.45, 2.75) is 57.3 Å². The van der Waals surface area contributed by atoms with E-state index < -0.39 is 8.07 Å². The lowest BCUT2D eigenvalue weighted by atomic mass is 10.0. The number of benzene rings is 1. The van der Waals surface area contributed by atoms with Crippen LogP contribution >= 0.6 is 0 Å². The normalized spacial score (nSPS) is 22.6. The van der Waals surface area contributed by atoms with Gasteiger partial charge in [-0.3, -0.25) is 0 Å². The molecule has 0 spiro atoms. The summed E-state index contributed by atoms with van der Waals surface area (Å²) in [6, 6.07) is 8.29. The van der Waals surface area contributed by atoms with Crippen LogP contribution in [0.4, 0.5) is 0 Å². The predicted molar refractivity (Wildman–Crippen MR) is 83.9 cm³/mol. The van der Waals surface area contributed by atoms with Crippen LogP contribution < -0.4 is 0 Å². The van der Waals surface area contributed by atoms with E-state index in [-0.39, 0.29) is 17.1 Å². The summed E-state index contributed by atoms with van der Waals surface area (Å²) in [6.45, 7) is 11.4. The maximum atomic E-state index is 10.2. The van der Waals surface area contributed by atoms with Gasteiger partial charge in [0.05, 0.1) is 12.0 Å². The molecular weight excluding hydrogens is 248 g/mol. The van der Waals surface area contributed by atoms with Crippen molar-refractivity contribution >= 4 is 8.07 Å². The summed E-state index contributed by atoms with van der Waals surface area (Å²) in [5.41, 5.74) is 6.02. The Morgan fingerprint density at radius 1 is 1.21 bits per heavy atom. The SMILES string of the molecule is CC(C)(C)[Si](C)(C)C#C[C@H]1c2ccccc2C[C@@H]1O. The molecule has 1 aliphatic rings. The summed E-state index contributed by atoms with van der Waals surface area (Å²) in [6.07, 6.45) is 0.405. The number of hydrogen-bond acceptors (Lipinski definition) is 1. The van der Waals surface area contributed by atoms with Crippen LogP contribution in [0.2, 0.25) is 18.1 Å². The van der Waals surface area contributed by atoms with Gasteiger partial charge in [0.25, 0.3) is 0 Å². The van der Waals surface area contributed by atoms with E-state index in [0.29, 0.717) is 0 Å². The highest BCUT2D eigenvalue weighted by atomic mass is 28.3. The zero-order valence-corrected chi connectivity index (χ0v) is 13.6. The van der Waals surface area contributed by atoms with Crippen molar-refractivity contribution < 1.29 is 5.11 Å². The predicted octanol–water partition coefficient (Wildman–Crippen LogP) is 3.74. The highest BCUT2D eigenvalue weighted by molar-refractivity contribution is 6.87. The Balaban J connectivity index is 2.31. The molecule has 0 unspecified atom stereocenters. The van der Waals surface area contributed by atoms with E-state index in [1.807, 2.05) is 12.1 Å². The average Bonchev–Trinajstić information content (AvgIpc) is 2.60. The van der Waals surface area contributed by atoms with Crippen molar-refractivity contribution in [3.05, 3.63) is 35.4 Å². The van der Waals surface area contributed by atoms with E-state index in [9.17, 15) is 5.11 Å². The van der Waals surface area contributed by atoms with Gasteiger partial charge in [-0.25, -0.2) is 0 Å². The van der Waals surface area contributed by atoms with E-state index in [1.165, 1.54) is 11.1 Å². The molecule has 0 saturated heterocycles. The first-order valence-electron chi connectivity index (χ1n) is 7.01. The van der Waals surface area contributed by atoms with Crippen molar-refractivity contribution in [1.29, 1.82) is 0 Å². The second-order valence-corrected chi connectivity index (χ2v) is 12.1. The van der Waals surface area contributed by atoms with E-state index in [1.54, 1.807) is 0 Å². The quantitative estimate of drug-likeness (QED) is 0.563. The van der Waals surface area contributed by atoms with Crippen molar-refractivity contribution in [3.8, 4) is 11.5 Å². The van der Waals surface area contributed by atoms with Crippen molar-refractivity contribution in [2.75, 3.05) is 0 Å². The number of aliphatic hydroxyl groups excluding tert-OH is 1. The molecule has 2 heteroatoms. The van der Waals surface area contributed by atoms with Crippen molar-refractivity contribution in [1.82, 2.24) is 0 Å². The van der Waals surface area contributed by atoms with Crippen LogP contribution in [0.25, 0.3) is 0 Å². The fraction of sp³-hybridized carbons (Fsp3) is 0.529. The Kier molecular flexibility index (Phi) is 3.64. The van der Waals surface area contributed by atoms with Gasteiger partial charge in [-0.2, -0.15) is 0 Å². The maximum Gasteiger partial charge on any atom is 0.137 e. The Morgan fingerprint density at radius 2 is 1.84 bits per heavy atom. The van der Waals surface area contributed by atoms with E-state index in [2.05, 4.69) is 57.5 Å². The number of hydrogen-bond donors (Lipinski definition) is 1. The topological polar surface area (TPSA) is 20.2 Å². The first-order chi connectivity index (χ1) is 8.72. The molecule has 0 amide bonds. The van der Waals surface area contributed by atoms with Gasteiger partial charge in [-0.1, -0.05) is 64.1 Å². The van der Waals surface area contributed by atoms with Gasteiger partial charge in [-0.15, -0.1) is 5.54 Å². The highest BCUT2D eigenvalue weighted by Gasteiger charge is 2.35. The molecule has 0 heterocycles. The van der Waals surface area contributed by atoms with Gasteiger partial charge < -0.3 is 5.11 Å². The molecule has 2 atom stereocenters. The molecule has 0 fully saturated rings. The van der Waals surface area contributed by atoms with Crippen LogP contribution in [-0.4, -0.2) is 19.3 Å². The van der Waals surface area contributed by atoms with Gasteiger partial charge in [-0.05, 0) is 16.2 Å². The Morgan fingerprint density at radius 3 is 2.47 bits per heavy atom. The zero-order valence-electron chi connectivity index (χ0n) is 12.6. The molecule has 0 saturated carbocycles. The summed E-state index contributed by atoms with van der Waals surface area (Å²) >= 11 is 0. The third kappa shape index (κ3) is 2.78. The lowest BCUT2D eigenvalue weighted by molar-refractivity contribution is 0.175. The third-order valence-electron chi connectivity index (χ3n) is 4.62. The van der Waals surface area contributed by atoms with Gasteiger partial charge in [0.2, 0.25) is 0 Å². The molecular formula is C17H24OSi. The van der Waals surface area contributed by atoms with Gasteiger partial charge in [0.15, 0.2) is 0 Å². The number of aliphatic hydroxyl groups is 1. The Hall–Kier alpha value is -1.04. The monoisotopic (exact) mass is 272 g/mol. The van der Waals surface area contributed by atoms with Crippen molar-refractivity contribution in [3.63, 3.8) is 0 Å². The lowest BCUT2D eigenvalue weighted by Crippen LogP contribution is -2.35. The highest BCUT2D eigenvalue weighted by Crippen LogP contribution is 2.37. The van der Waals surface area contributed by atoms with E-state index >= 15 is 0 Å². The minimum atomic E-state index is -1.60. The second kappa shape index (κ2) is 4.81. The van der Waals surface area contributed by atoms with Crippen LogP contribution in [0.15, 0.2) is 24.3 Å². The van der Waals surface area contributed by atoms with E-state index in [4.69, 9.17) is 0 Å². The minimum Gasteiger partial charge on any atom is -0.391 e. The molecule has 1 aliphatic carbocycles. The molecule has 19 heavy (non-hydrogen) atoms. The van der Waals surface area contributed by atoms with Gasteiger partial charge >= 0.3 is 0 Å². The summed E-state index contributed by atoms with van der Waals surface area (Å²) in [4.78, 5) is 0. The van der Waals surface area contributed by atoms with E-state index in [0.717, 1.165) is 6.42 Å². The van der Waals surface area contributed by atoms with Crippen LogP contribution in [0.1, 0.15) is 37.8 Å². The average molecular weight is 272 g/mol. The zero-order chi connectivity index (χ0) is 14.3. The summed E-state index contributed by atoms with van der Waals surface area (Å²) in [5, 5.41) is 10.5.